The molecule has 0 saturated heterocycles. The number of allylic oxidation sites excluding steroid dienone is 8. The first kappa shape index (κ1) is 22.4. The minimum Gasteiger partial charge on any atom is -0.498 e. The summed E-state index contributed by atoms with van der Waals surface area (Å²) in [5, 5.41) is 0. The maximum absolute atomic E-state index is 12.1. The van der Waals surface area contributed by atoms with Crippen LogP contribution in [0.1, 0.15) is 40.5 Å². The molecule has 1 rings (SSSR count). The lowest BCUT2D eigenvalue weighted by Crippen LogP contribution is -2.14. The quantitative estimate of drug-likeness (QED) is 0.461. The zero-order valence-corrected chi connectivity index (χ0v) is 13.7. The number of ether oxygens (including phenoxy) is 1. The Kier molecular flexibility index (Phi) is 14.3. The molecule has 1 nitrogen and oxygen atoms in total. The summed E-state index contributed by atoms with van der Waals surface area (Å²) in [5.41, 5.74) is -0.476. The number of alkyl halides is 3. The molecule has 1 aliphatic rings. The molecule has 0 heterocycles. The van der Waals surface area contributed by atoms with Crippen LogP contribution in [0.3, 0.4) is 0 Å². The summed E-state index contributed by atoms with van der Waals surface area (Å²) in [5.74, 6) is 2.88. The monoisotopic (exact) mass is 314 g/mol. The molecule has 0 fully saturated rings. The highest BCUT2D eigenvalue weighted by atomic mass is 19.4. The lowest BCUT2D eigenvalue weighted by molar-refractivity contribution is -0.0944. The van der Waals surface area contributed by atoms with Crippen LogP contribution in [0.2, 0.25) is 0 Å². The predicted molar refractivity (Wildman–Crippen MR) is 87.2 cm³/mol. The molecular weight excluding hydrogens is 289 g/mol. The van der Waals surface area contributed by atoms with Gasteiger partial charge >= 0.3 is 6.18 Å². The van der Waals surface area contributed by atoms with E-state index in [1.54, 1.807) is 6.92 Å². The Morgan fingerprint density at radius 3 is 1.95 bits per heavy atom. The van der Waals surface area contributed by atoms with Crippen LogP contribution in [0.5, 0.6) is 0 Å². The van der Waals surface area contributed by atoms with Crippen molar-refractivity contribution in [1.29, 1.82) is 0 Å². The van der Waals surface area contributed by atoms with Crippen molar-refractivity contribution < 1.29 is 17.9 Å². The molecule has 0 spiro atoms. The molecule has 0 unspecified atom stereocenters. The summed E-state index contributed by atoms with van der Waals surface area (Å²) in [6, 6.07) is 0. The molecule has 0 radical (unpaired) electrons. The Bertz CT molecular complexity index is 422. The minimum absolute atomic E-state index is 0.0231. The fourth-order valence-corrected chi connectivity index (χ4v) is 1.38. The first-order chi connectivity index (χ1) is 10.4. The first-order valence-electron chi connectivity index (χ1n) is 7.08. The molecule has 22 heavy (non-hydrogen) atoms. The summed E-state index contributed by atoms with van der Waals surface area (Å²) in [7, 11) is 0. The fraction of sp³-hybridized carbons (Fsp3) is 0.444. The van der Waals surface area contributed by atoms with Crippen LogP contribution in [0.4, 0.5) is 13.2 Å². The van der Waals surface area contributed by atoms with Crippen molar-refractivity contribution >= 4 is 0 Å². The van der Waals surface area contributed by atoms with Gasteiger partial charge in [-0.1, -0.05) is 30.4 Å². The molecule has 0 aromatic rings. The second-order valence-corrected chi connectivity index (χ2v) is 4.10. The van der Waals surface area contributed by atoms with E-state index in [0.29, 0.717) is 18.8 Å². The standard InChI is InChI=1S/C9H11F3O.C6H10.C3H4/c1-2-13-8-5-3-7(4-6-8)9(10,11)12;1-3-5-6-4-2;1-3-2/h3,5H,2,4,6H2,1H3;3-6H,1-2H3;1H,2H3/b;5-3-,6-4-;. The molecule has 124 valence electrons. The highest BCUT2D eigenvalue weighted by molar-refractivity contribution is 5.24. The van der Waals surface area contributed by atoms with Gasteiger partial charge in [-0.3, -0.25) is 0 Å². The Labute approximate surface area is 132 Å². The van der Waals surface area contributed by atoms with Gasteiger partial charge in [0.15, 0.2) is 0 Å². The smallest absolute Gasteiger partial charge is 0.412 e. The fourth-order valence-electron chi connectivity index (χ4n) is 1.38. The van der Waals surface area contributed by atoms with Crippen molar-refractivity contribution in [3.8, 4) is 12.3 Å². The van der Waals surface area contributed by atoms with E-state index in [0.717, 1.165) is 6.08 Å². The van der Waals surface area contributed by atoms with Gasteiger partial charge < -0.3 is 4.74 Å². The van der Waals surface area contributed by atoms with Crippen LogP contribution in [0.25, 0.3) is 0 Å². The Hall–Kier alpha value is -1.89. The van der Waals surface area contributed by atoms with E-state index >= 15 is 0 Å². The van der Waals surface area contributed by atoms with Gasteiger partial charge in [-0.25, -0.2) is 0 Å². The first-order valence-corrected chi connectivity index (χ1v) is 7.08. The van der Waals surface area contributed by atoms with E-state index in [4.69, 9.17) is 4.74 Å². The summed E-state index contributed by atoms with van der Waals surface area (Å²) >= 11 is 0. The average Bonchev–Trinajstić information content (AvgIpc) is 2.47. The molecule has 0 amide bonds. The normalized spacial score (nSPS) is 14.1. The summed E-state index contributed by atoms with van der Waals surface area (Å²) in [6.07, 6.45) is 11.3. The van der Waals surface area contributed by atoms with Crippen LogP contribution in [0.15, 0.2) is 47.8 Å². The van der Waals surface area contributed by atoms with Gasteiger partial charge in [0.2, 0.25) is 0 Å². The SMILES string of the molecule is C#CC.C/C=C\C=C/C.CCOC1=CC=C(C(F)(F)F)CC1. The average molecular weight is 314 g/mol. The minimum atomic E-state index is -4.19. The van der Waals surface area contributed by atoms with Crippen LogP contribution in [0, 0.1) is 12.3 Å². The zero-order valence-electron chi connectivity index (χ0n) is 13.7. The third-order valence-corrected chi connectivity index (χ3v) is 2.30. The lowest BCUT2D eigenvalue weighted by Gasteiger charge is -2.16. The van der Waals surface area contributed by atoms with Gasteiger partial charge in [-0.05, 0) is 40.2 Å². The second kappa shape index (κ2) is 14.1. The Morgan fingerprint density at radius 1 is 1.18 bits per heavy atom. The number of halogens is 3. The van der Waals surface area contributed by atoms with Gasteiger partial charge in [0.05, 0.1) is 12.4 Å². The maximum atomic E-state index is 12.1. The molecule has 0 N–H and O–H groups in total. The molecular formula is C18H25F3O. The Balaban J connectivity index is 0. The van der Waals surface area contributed by atoms with Crippen molar-refractivity contribution in [2.75, 3.05) is 6.61 Å². The zero-order chi connectivity index (χ0) is 17.4. The topological polar surface area (TPSA) is 9.23 Å². The number of hydrogen-bond acceptors (Lipinski definition) is 1. The van der Waals surface area contributed by atoms with Gasteiger partial charge in [0, 0.05) is 12.0 Å². The number of hydrogen-bond donors (Lipinski definition) is 0. The van der Waals surface area contributed by atoms with Gasteiger partial charge in [-0.2, -0.15) is 13.2 Å². The largest absolute Gasteiger partial charge is 0.498 e. The van der Waals surface area contributed by atoms with Crippen LogP contribution >= 0.6 is 0 Å². The van der Waals surface area contributed by atoms with Crippen LogP contribution in [-0.2, 0) is 4.74 Å². The Morgan fingerprint density at radius 2 is 1.68 bits per heavy atom. The highest BCUT2D eigenvalue weighted by Crippen LogP contribution is 2.32. The molecule has 4 heteroatoms. The second-order valence-electron chi connectivity index (χ2n) is 4.10. The molecule has 0 aliphatic heterocycles. The number of terminal acetylenes is 1. The van der Waals surface area contributed by atoms with Crippen molar-refractivity contribution in [1.82, 2.24) is 0 Å². The summed E-state index contributed by atoms with van der Waals surface area (Å²) in [4.78, 5) is 0. The van der Waals surface area contributed by atoms with E-state index in [1.807, 2.05) is 45.1 Å². The number of rotatable bonds is 3. The molecule has 0 aromatic heterocycles. The summed E-state index contributed by atoms with van der Waals surface area (Å²) < 4.78 is 41.4. The summed E-state index contributed by atoms with van der Waals surface area (Å²) in [6.45, 7) is 7.96. The predicted octanol–water partition coefficient (Wildman–Crippen LogP) is 5.97. The highest BCUT2D eigenvalue weighted by Gasteiger charge is 2.33. The van der Waals surface area contributed by atoms with Crippen LogP contribution < -0.4 is 0 Å². The van der Waals surface area contributed by atoms with Crippen molar-refractivity contribution in [3.63, 3.8) is 0 Å². The van der Waals surface area contributed by atoms with Gasteiger partial charge in [0.25, 0.3) is 0 Å². The molecule has 0 bridgehead atoms. The van der Waals surface area contributed by atoms with Gasteiger partial charge in [-0.15, -0.1) is 12.3 Å². The van der Waals surface area contributed by atoms with Gasteiger partial charge in [0.1, 0.15) is 0 Å². The molecule has 1 aliphatic carbocycles. The third-order valence-electron chi connectivity index (χ3n) is 2.30. The van der Waals surface area contributed by atoms with E-state index in [9.17, 15) is 13.2 Å². The van der Waals surface area contributed by atoms with Crippen LogP contribution in [-0.4, -0.2) is 12.8 Å². The van der Waals surface area contributed by atoms with E-state index in [2.05, 4.69) is 12.3 Å². The van der Waals surface area contributed by atoms with Crippen molar-refractivity contribution in [3.05, 3.63) is 47.8 Å². The lowest BCUT2D eigenvalue weighted by atomic mass is 10.0. The third kappa shape index (κ3) is 13.1. The van der Waals surface area contributed by atoms with E-state index < -0.39 is 11.7 Å². The maximum Gasteiger partial charge on any atom is 0.412 e. The van der Waals surface area contributed by atoms with Crippen molar-refractivity contribution in [2.24, 2.45) is 0 Å². The van der Waals surface area contributed by atoms with E-state index in [-0.39, 0.29) is 6.42 Å². The molecule has 0 aromatic carbocycles. The molecule has 0 saturated carbocycles. The van der Waals surface area contributed by atoms with E-state index in [1.165, 1.54) is 6.08 Å². The molecule has 0 atom stereocenters. The van der Waals surface area contributed by atoms with Crippen molar-refractivity contribution in [2.45, 2.75) is 46.7 Å².